The number of methoxy groups -OCH3 is 1. The van der Waals surface area contributed by atoms with Crippen LogP contribution in [0.3, 0.4) is 0 Å². The van der Waals surface area contributed by atoms with Crippen molar-refractivity contribution in [2.75, 3.05) is 19.5 Å². The zero-order valence-electron chi connectivity index (χ0n) is 8.33. The second-order valence-electron chi connectivity index (χ2n) is 3.03. The molecule has 0 heterocycles. The Hall–Kier alpha value is 0.01000. The Kier molecular flexibility index (Phi) is 6.32. The maximum absolute atomic E-state index is 4.99. The van der Waals surface area contributed by atoms with Crippen LogP contribution >= 0.6 is 27.7 Å². The van der Waals surface area contributed by atoms with Gasteiger partial charge in [-0.05, 0) is 29.9 Å². The van der Waals surface area contributed by atoms with Crippen LogP contribution < -0.4 is 0 Å². The van der Waals surface area contributed by atoms with Gasteiger partial charge in [-0.25, -0.2) is 0 Å². The van der Waals surface area contributed by atoms with Crippen LogP contribution in [0, 0.1) is 0 Å². The Bertz CT molecular complexity index is 248. The Morgan fingerprint density at radius 1 is 1.29 bits per heavy atom. The molecular formula is C11H15BrOS. The molecule has 14 heavy (non-hydrogen) atoms. The van der Waals surface area contributed by atoms with Crippen molar-refractivity contribution in [3.05, 3.63) is 34.3 Å². The SMILES string of the molecule is COCCCSCc1ccc(Br)cc1. The van der Waals surface area contributed by atoms with Crippen molar-refractivity contribution >= 4 is 27.7 Å². The highest BCUT2D eigenvalue weighted by molar-refractivity contribution is 9.10. The molecule has 0 aliphatic heterocycles. The monoisotopic (exact) mass is 274 g/mol. The van der Waals surface area contributed by atoms with Crippen molar-refractivity contribution in [1.82, 2.24) is 0 Å². The first-order valence-corrected chi connectivity index (χ1v) is 6.59. The van der Waals surface area contributed by atoms with Crippen molar-refractivity contribution < 1.29 is 4.74 Å². The highest BCUT2D eigenvalue weighted by Gasteiger charge is 1.93. The third kappa shape index (κ3) is 5.03. The van der Waals surface area contributed by atoms with Gasteiger partial charge in [0.25, 0.3) is 0 Å². The fraction of sp³-hybridized carbons (Fsp3) is 0.455. The molecule has 0 saturated heterocycles. The van der Waals surface area contributed by atoms with E-state index in [2.05, 4.69) is 40.2 Å². The lowest BCUT2D eigenvalue weighted by molar-refractivity contribution is 0.200. The Labute approximate surface area is 98.4 Å². The summed E-state index contributed by atoms with van der Waals surface area (Å²) in [5.41, 5.74) is 1.38. The molecule has 0 radical (unpaired) electrons. The molecule has 3 heteroatoms. The molecule has 0 spiro atoms. The van der Waals surface area contributed by atoms with Crippen molar-refractivity contribution in [3.8, 4) is 0 Å². The minimum Gasteiger partial charge on any atom is -0.385 e. The maximum atomic E-state index is 4.99. The number of ether oxygens (including phenoxy) is 1. The predicted octanol–water partition coefficient (Wildman–Crippen LogP) is 3.72. The Balaban J connectivity index is 2.15. The van der Waals surface area contributed by atoms with E-state index in [1.54, 1.807) is 7.11 Å². The molecule has 1 aromatic rings. The summed E-state index contributed by atoms with van der Waals surface area (Å²) < 4.78 is 6.13. The number of thioether (sulfide) groups is 1. The van der Waals surface area contributed by atoms with Gasteiger partial charge in [0.2, 0.25) is 0 Å². The standard InChI is InChI=1S/C11H15BrOS/c1-13-7-2-8-14-9-10-3-5-11(12)6-4-10/h3-6H,2,7-9H2,1H3. The van der Waals surface area contributed by atoms with Gasteiger partial charge in [-0.15, -0.1) is 0 Å². The van der Waals surface area contributed by atoms with E-state index in [9.17, 15) is 0 Å². The third-order valence-electron chi connectivity index (χ3n) is 1.82. The van der Waals surface area contributed by atoms with E-state index in [-0.39, 0.29) is 0 Å². The fourth-order valence-electron chi connectivity index (χ4n) is 1.08. The average molecular weight is 275 g/mol. The second kappa shape index (κ2) is 7.32. The topological polar surface area (TPSA) is 9.23 Å². The third-order valence-corrected chi connectivity index (χ3v) is 3.46. The lowest BCUT2D eigenvalue weighted by Gasteiger charge is -2.01. The molecule has 0 amide bonds. The number of rotatable bonds is 6. The van der Waals surface area contributed by atoms with Crippen LogP contribution in [0.4, 0.5) is 0 Å². The zero-order valence-corrected chi connectivity index (χ0v) is 10.7. The zero-order chi connectivity index (χ0) is 10.2. The maximum Gasteiger partial charge on any atom is 0.0470 e. The van der Waals surface area contributed by atoms with Crippen molar-refractivity contribution in [1.29, 1.82) is 0 Å². The molecule has 1 aromatic carbocycles. The van der Waals surface area contributed by atoms with E-state index in [0.717, 1.165) is 23.3 Å². The van der Waals surface area contributed by atoms with Gasteiger partial charge >= 0.3 is 0 Å². The van der Waals surface area contributed by atoms with Gasteiger partial charge in [-0.3, -0.25) is 0 Å². The van der Waals surface area contributed by atoms with E-state index < -0.39 is 0 Å². The number of hydrogen-bond acceptors (Lipinski definition) is 2. The van der Waals surface area contributed by atoms with Gasteiger partial charge in [-0.2, -0.15) is 11.8 Å². The van der Waals surface area contributed by atoms with Crippen molar-refractivity contribution in [2.45, 2.75) is 12.2 Å². The van der Waals surface area contributed by atoms with E-state index in [1.165, 1.54) is 11.3 Å². The van der Waals surface area contributed by atoms with E-state index in [0.29, 0.717) is 0 Å². The number of halogens is 1. The average Bonchev–Trinajstić information content (AvgIpc) is 2.21. The lowest BCUT2D eigenvalue weighted by Crippen LogP contribution is -1.90. The first kappa shape index (κ1) is 12.1. The van der Waals surface area contributed by atoms with E-state index >= 15 is 0 Å². The molecule has 0 saturated carbocycles. The van der Waals surface area contributed by atoms with Crippen LogP contribution in [0.1, 0.15) is 12.0 Å². The van der Waals surface area contributed by atoms with Gasteiger partial charge < -0.3 is 4.74 Å². The molecule has 0 unspecified atom stereocenters. The van der Waals surface area contributed by atoms with Gasteiger partial charge in [0.05, 0.1) is 0 Å². The molecule has 0 fully saturated rings. The second-order valence-corrected chi connectivity index (χ2v) is 5.05. The van der Waals surface area contributed by atoms with Crippen LogP contribution in [-0.4, -0.2) is 19.5 Å². The first-order valence-electron chi connectivity index (χ1n) is 4.64. The molecule has 0 atom stereocenters. The molecule has 0 N–H and O–H groups in total. The highest BCUT2D eigenvalue weighted by Crippen LogP contribution is 2.16. The number of benzene rings is 1. The van der Waals surface area contributed by atoms with Gasteiger partial charge in [0.15, 0.2) is 0 Å². The Morgan fingerprint density at radius 3 is 2.64 bits per heavy atom. The van der Waals surface area contributed by atoms with Crippen molar-refractivity contribution in [2.24, 2.45) is 0 Å². The summed E-state index contributed by atoms with van der Waals surface area (Å²) in [4.78, 5) is 0. The summed E-state index contributed by atoms with van der Waals surface area (Å²) >= 11 is 5.38. The predicted molar refractivity (Wildman–Crippen MR) is 66.8 cm³/mol. The smallest absolute Gasteiger partial charge is 0.0470 e. The largest absolute Gasteiger partial charge is 0.385 e. The number of hydrogen-bond donors (Lipinski definition) is 0. The molecule has 0 bridgehead atoms. The summed E-state index contributed by atoms with van der Waals surface area (Å²) in [6.07, 6.45) is 1.14. The van der Waals surface area contributed by atoms with Crippen LogP contribution in [0.15, 0.2) is 28.7 Å². The minimum absolute atomic E-state index is 0.868. The Morgan fingerprint density at radius 2 is 2.00 bits per heavy atom. The van der Waals surface area contributed by atoms with E-state index in [1.807, 2.05) is 11.8 Å². The summed E-state index contributed by atoms with van der Waals surface area (Å²) in [5, 5.41) is 0. The molecule has 0 aliphatic rings. The lowest BCUT2D eigenvalue weighted by atomic mass is 10.2. The summed E-state index contributed by atoms with van der Waals surface area (Å²) in [7, 11) is 1.75. The summed E-state index contributed by atoms with van der Waals surface area (Å²) in [5.74, 6) is 2.26. The molecular weight excluding hydrogens is 260 g/mol. The van der Waals surface area contributed by atoms with Crippen LogP contribution in [0.5, 0.6) is 0 Å². The van der Waals surface area contributed by atoms with Gasteiger partial charge in [0.1, 0.15) is 0 Å². The molecule has 1 rings (SSSR count). The summed E-state index contributed by atoms with van der Waals surface area (Å²) in [6.45, 7) is 0.868. The van der Waals surface area contributed by atoms with Crippen LogP contribution in [0.25, 0.3) is 0 Å². The minimum atomic E-state index is 0.868. The molecule has 0 aliphatic carbocycles. The molecule has 0 aromatic heterocycles. The first-order chi connectivity index (χ1) is 6.83. The van der Waals surface area contributed by atoms with Crippen LogP contribution in [-0.2, 0) is 10.5 Å². The quantitative estimate of drug-likeness (QED) is 0.732. The van der Waals surface area contributed by atoms with Gasteiger partial charge in [0, 0.05) is 23.9 Å². The van der Waals surface area contributed by atoms with E-state index in [4.69, 9.17) is 4.74 Å². The van der Waals surface area contributed by atoms with Gasteiger partial charge in [-0.1, -0.05) is 28.1 Å². The molecule has 1 nitrogen and oxygen atoms in total. The van der Waals surface area contributed by atoms with Crippen molar-refractivity contribution in [3.63, 3.8) is 0 Å². The normalized spacial score (nSPS) is 10.4. The highest BCUT2D eigenvalue weighted by atomic mass is 79.9. The van der Waals surface area contributed by atoms with Crippen LogP contribution in [0.2, 0.25) is 0 Å². The molecule has 78 valence electrons. The fourth-order valence-corrected chi connectivity index (χ4v) is 2.23. The summed E-state index contributed by atoms with van der Waals surface area (Å²) in [6, 6.07) is 8.50.